The van der Waals surface area contributed by atoms with Gasteiger partial charge in [0.05, 0.1) is 5.75 Å². The Balaban J connectivity index is 1.52. The number of thioether (sulfide) groups is 1. The summed E-state index contributed by atoms with van der Waals surface area (Å²) in [6.07, 6.45) is 6.95. The smallest absolute Gasteiger partial charge is 0.230 e. The highest BCUT2D eigenvalue weighted by Crippen LogP contribution is 2.31. The van der Waals surface area contributed by atoms with Gasteiger partial charge >= 0.3 is 0 Å². The average molecular weight is 393 g/mol. The number of carbonyl (C=O) groups excluding carboxylic acids is 1. The van der Waals surface area contributed by atoms with Gasteiger partial charge in [-0.05, 0) is 43.9 Å². The molecule has 1 aliphatic rings. The molecule has 1 heterocycles. The number of hydrogen-bond donors (Lipinski definition) is 1. The normalized spacial score (nSPS) is 14.6. The van der Waals surface area contributed by atoms with Crippen molar-refractivity contribution >= 4 is 28.6 Å². The van der Waals surface area contributed by atoms with E-state index in [0.717, 1.165) is 19.4 Å². The molecule has 4 rings (SSSR count). The third-order valence-corrected chi connectivity index (χ3v) is 6.72. The SMILES string of the molecule is Cc1ccc(C)c(Cn2cc(SCC(=O)NC3CCCC3)c3ccccc32)c1. The first-order valence-electron chi connectivity index (χ1n) is 10.2. The molecule has 1 fully saturated rings. The molecule has 1 aromatic heterocycles. The Bertz CT molecular complexity index is 985. The van der Waals surface area contributed by atoms with Gasteiger partial charge in [0.25, 0.3) is 0 Å². The Morgan fingerprint density at radius 3 is 2.75 bits per heavy atom. The summed E-state index contributed by atoms with van der Waals surface area (Å²) in [5.41, 5.74) is 5.17. The molecular weight excluding hydrogens is 364 g/mol. The van der Waals surface area contributed by atoms with Gasteiger partial charge in [-0.1, -0.05) is 54.8 Å². The maximum atomic E-state index is 12.3. The summed E-state index contributed by atoms with van der Waals surface area (Å²) < 4.78 is 2.31. The number of para-hydroxylation sites is 1. The number of amides is 1. The second-order valence-electron chi connectivity index (χ2n) is 7.91. The Labute approximate surface area is 171 Å². The minimum Gasteiger partial charge on any atom is -0.353 e. The average Bonchev–Trinajstić information content (AvgIpc) is 3.31. The number of hydrogen-bond acceptors (Lipinski definition) is 2. The topological polar surface area (TPSA) is 34.0 Å². The van der Waals surface area contributed by atoms with Crippen LogP contribution >= 0.6 is 11.8 Å². The highest BCUT2D eigenvalue weighted by molar-refractivity contribution is 8.00. The summed E-state index contributed by atoms with van der Waals surface area (Å²) >= 11 is 1.65. The number of aromatic nitrogens is 1. The van der Waals surface area contributed by atoms with Crippen LogP contribution in [0.1, 0.15) is 42.4 Å². The molecule has 1 N–H and O–H groups in total. The van der Waals surface area contributed by atoms with Crippen LogP contribution in [0.4, 0.5) is 0 Å². The van der Waals surface area contributed by atoms with E-state index in [-0.39, 0.29) is 5.91 Å². The largest absolute Gasteiger partial charge is 0.353 e. The number of carbonyl (C=O) groups is 1. The van der Waals surface area contributed by atoms with E-state index in [1.165, 1.54) is 45.3 Å². The Morgan fingerprint density at radius 1 is 1.14 bits per heavy atom. The Morgan fingerprint density at radius 2 is 1.93 bits per heavy atom. The van der Waals surface area contributed by atoms with Crippen LogP contribution in [0.2, 0.25) is 0 Å². The van der Waals surface area contributed by atoms with Crippen LogP contribution in [0, 0.1) is 13.8 Å². The lowest BCUT2D eigenvalue weighted by atomic mass is 10.1. The van der Waals surface area contributed by atoms with Crippen LogP contribution < -0.4 is 5.32 Å². The van der Waals surface area contributed by atoms with Gasteiger partial charge in [-0.2, -0.15) is 0 Å². The van der Waals surface area contributed by atoms with E-state index in [1.807, 2.05) is 0 Å². The first-order chi connectivity index (χ1) is 13.6. The van der Waals surface area contributed by atoms with Crippen molar-refractivity contribution < 1.29 is 4.79 Å². The fraction of sp³-hybridized carbons (Fsp3) is 0.375. The number of nitrogens with zero attached hydrogens (tertiary/aromatic N) is 1. The summed E-state index contributed by atoms with van der Waals surface area (Å²) in [4.78, 5) is 13.5. The Kier molecular flexibility index (Phi) is 5.77. The minimum atomic E-state index is 0.156. The number of aryl methyl sites for hydroxylation is 2. The maximum absolute atomic E-state index is 12.3. The molecule has 4 heteroatoms. The third-order valence-electron chi connectivity index (χ3n) is 5.68. The van der Waals surface area contributed by atoms with Crippen LogP contribution in [-0.4, -0.2) is 22.3 Å². The maximum Gasteiger partial charge on any atom is 0.230 e. The van der Waals surface area contributed by atoms with Crippen molar-refractivity contribution in [2.75, 3.05) is 5.75 Å². The standard InChI is InChI=1S/C24H28N2OS/c1-17-11-12-18(2)19(13-17)14-26-15-23(21-9-5-6-10-22(21)26)28-16-24(27)25-20-7-3-4-8-20/h5-6,9-13,15,20H,3-4,7-8,14,16H2,1-2H3,(H,25,27). The number of benzene rings is 2. The van der Waals surface area contributed by atoms with Crippen LogP contribution in [0.3, 0.4) is 0 Å². The lowest BCUT2D eigenvalue weighted by Crippen LogP contribution is -2.33. The predicted molar refractivity (Wildman–Crippen MR) is 118 cm³/mol. The zero-order chi connectivity index (χ0) is 19.5. The number of fused-ring (bicyclic) bond motifs is 1. The van der Waals surface area contributed by atoms with Crippen LogP contribution in [0.25, 0.3) is 10.9 Å². The second kappa shape index (κ2) is 8.44. The third kappa shape index (κ3) is 4.27. The Hall–Kier alpha value is -2.20. The summed E-state index contributed by atoms with van der Waals surface area (Å²) in [6.45, 7) is 5.16. The molecule has 0 unspecified atom stereocenters. The molecule has 2 aromatic carbocycles. The van der Waals surface area contributed by atoms with Crippen molar-refractivity contribution in [3.8, 4) is 0 Å². The van der Waals surface area contributed by atoms with Gasteiger partial charge < -0.3 is 9.88 Å². The van der Waals surface area contributed by atoms with Gasteiger partial charge in [0.1, 0.15) is 0 Å². The van der Waals surface area contributed by atoms with Gasteiger partial charge in [0.2, 0.25) is 5.91 Å². The molecule has 0 radical (unpaired) electrons. The highest BCUT2D eigenvalue weighted by Gasteiger charge is 2.18. The molecule has 0 bridgehead atoms. The van der Waals surface area contributed by atoms with Crippen molar-refractivity contribution in [2.24, 2.45) is 0 Å². The zero-order valence-electron chi connectivity index (χ0n) is 16.7. The molecule has 0 saturated heterocycles. The predicted octanol–water partition coefficient (Wildman–Crippen LogP) is 5.46. The monoisotopic (exact) mass is 392 g/mol. The quantitative estimate of drug-likeness (QED) is 0.565. The van der Waals surface area contributed by atoms with Crippen molar-refractivity contribution in [3.63, 3.8) is 0 Å². The highest BCUT2D eigenvalue weighted by atomic mass is 32.2. The molecule has 1 aliphatic carbocycles. The van der Waals surface area contributed by atoms with Crippen molar-refractivity contribution in [1.29, 1.82) is 0 Å². The van der Waals surface area contributed by atoms with Crippen molar-refractivity contribution in [3.05, 3.63) is 65.4 Å². The van der Waals surface area contributed by atoms with Gasteiger partial charge in [0.15, 0.2) is 0 Å². The molecule has 1 saturated carbocycles. The van der Waals surface area contributed by atoms with Gasteiger partial charge in [-0.15, -0.1) is 11.8 Å². The minimum absolute atomic E-state index is 0.156. The van der Waals surface area contributed by atoms with E-state index in [4.69, 9.17) is 0 Å². The first kappa shape index (κ1) is 19.1. The molecule has 3 nitrogen and oxygen atoms in total. The van der Waals surface area contributed by atoms with Crippen LogP contribution in [-0.2, 0) is 11.3 Å². The fourth-order valence-corrected chi connectivity index (χ4v) is 5.00. The number of rotatable bonds is 6. The summed E-state index contributed by atoms with van der Waals surface area (Å²) in [5.74, 6) is 0.636. The van der Waals surface area contributed by atoms with E-state index < -0.39 is 0 Å². The van der Waals surface area contributed by atoms with Crippen molar-refractivity contribution in [2.45, 2.75) is 57.0 Å². The number of nitrogens with one attached hydrogen (secondary N) is 1. The van der Waals surface area contributed by atoms with Crippen molar-refractivity contribution in [1.82, 2.24) is 9.88 Å². The van der Waals surface area contributed by atoms with Gasteiger partial charge in [-0.3, -0.25) is 4.79 Å². The van der Waals surface area contributed by atoms with Gasteiger partial charge in [-0.25, -0.2) is 0 Å². The molecule has 3 aromatic rings. The molecule has 0 aliphatic heterocycles. The molecule has 0 atom stereocenters. The first-order valence-corrected chi connectivity index (χ1v) is 11.1. The van der Waals surface area contributed by atoms with E-state index in [0.29, 0.717) is 11.8 Å². The van der Waals surface area contributed by atoms with Crippen LogP contribution in [0.15, 0.2) is 53.6 Å². The van der Waals surface area contributed by atoms with E-state index in [9.17, 15) is 4.79 Å². The molecule has 0 spiro atoms. The summed E-state index contributed by atoms with van der Waals surface area (Å²) in [7, 11) is 0. The second-order valence-corrected chi connectivity index (χ2v) is 8.92. The van der Waals surface area contributed by atoms with Gasteiger partial charge in [0, 0.05) is 34.6 Å². The lowest BCUT2D eigenvalue weighted by molar-refractivity contribution is -0.119. The summed E-state index contributed by atoms with van der Waals surface area (Å²) in [6, 6.07) is 15.5. The van der Waals surface area contributed by atoms with E-state index in [1.54, 1.807) is 11.8 Å². The van der Waals surface area contributed by atoms with E-state index >= 15 is 0 Å². The van der Waals surface area contributed by atoms with Crippen LogP contribution in [0.5, 0.6) is 0 Å². The molecule has 1 amide bonds. The molecule has 146 valence electrons. The summed E-state index contributed by atoms with van der Waals surface area (Å²) in [5, 5.41) is 4.42. The zero-order valence-corrected chi connectivity index (χ0v) is 17.5. The molecule has 28 heavy (non-hydrogen) atoms. The lowest BCUT2D eigenvalue weighted by Gasteiger charge is -2.11. The fourth-order valence-electron chi connectivity index (χ4n) is 4.10. The molecular formula is C24H28N2OS. The van der Waals surface area contributed by atoms with E-state index in [2.05, 4.69) is 72.4 Å².